The Hall–Kier alpha value is -0.470. The molecule has 1 aromatic carbocycles. The first-order chi connectivity index (χ1) is 8.72. The lowest BCUT2D eigenvalue weighted by Gasteiger charge is -2.39. The van der Waals surface area contributed by atoms with Gasteiger partial charge in [-0.15, -0.1) is 0 Å². The quantitative estimate of drug-likeness (QED) is 0.808. The van der Waals surface area contributed by atoms with E-state index in [1.54, 1.807) is 0 Å². The zero-order valence-corrected chi connectivity index (χ0v) is 12.4. The minimum atomic E-state index is 0.558. The van der Waals surface area contributed by atoms with Crippen LogP contribution in [0, 0.1) is 5.92 Å². The van der Waals surface area contributed by atoms with E-state index in [-0.39, 0.29) is 0 Å². The molecule has 2 heteroatoms. The molecule has 1 aliphatic heterocycles. The van der Waals surface area contributed by atoms with Crippen LogP contribution in [0.1, 0.15) is 38.2 Å². The van der Waals surface area contributed by atoms with Crippen molar-refractivity contribution in [2.45, 2.75) is 38.6 Å². The molecule has 0 spiro atoms. The van der Waals surface area contributed by atoms with Crippen molar-refractivity contribution < 1.29 is 0 Å². The topological polar surface area (TPSA) is 3.24 Å². The van der Waals surface area contributed by atoms with Crippen LogP contribution >= 0.6 is 12.6 Å². The van der Waals surface area contributed by atoms with Crippen molar-refractivity contribution in [2.75, 3.05) is 18.8 Å². The molecule has 0 radical (unpaired) electrons. The highest BCUT2D eigenvalue weighted by molar-refractivity contribution is 7.80. The van der Waals surface area contributed by atoms with Gasteiger partial charge in [-0.2, -0.15) is 12.6 Å². The van der Waals surface area contributed by atoms with Gasteiger partial charge in [-0.3, -0.25) is 4.90 Å². The largest absolute Gasteiger partial charge is 0.300 e. The van der Waals surface area contributed by atoms with Crippen LogP contribution in [0.3, 0.4) is 0 Å². The molecule has 1 heterocycles. The number of likely N-dealkylation sites (tertiary alicyclic amines) is 1. The maximum Gasteiger partial charge on any atom is 0.00928 e. The van der Waals surface area contributed by atoms with E-state index in [1.807, 2.05) is 0 Å². The molecule has 0 N–H and O–H groups in total. The fourth-order valence-corrected chi connectivity index (χ4v) is 3.28. The third-order valence-electron chi connectivity index (χ3n) is 4.45. The molecule has 1 aromatic rings. The minimum Gasteiger partial charge on any atom is -0.300 e. The first-order valence-corrected chi connectivity index (χ1v) is 7.75. The van der Waals surface area contributed by atoms with Crippen LogP contribution in [-0.2, 0) is 0 Å². The SMILES string of the molecule is CC1CCCN(CC(CS)c2ccccc2)C1C. The number of nitrogens with zero attached hydrogens (tertiary/aromatic N) is 1. The van der Waals surface area contributed by atoms with Crippen LogP contribution in [0.5, 0.6) is 0 Å². The molecule has 18 heavy (non-hydrogen) atoms. The lowest BCUT2D eigenvalue weighted by atomic mass is 9.90. The summed E-state index contributed by atoms with van der Waals surface area (Å²) >= 11 is 4.55. The van der Waals surface area contributed by atoms with Crippen LogP contribution in [0.15, 0.2) is 30.3 Å². The van der Waals surface area contributed by atoms with E-state index >= 15 is 0 Å². The van der Waals surface area contributed by atoms with Crippen molar-refractivity contribution >= 4 is 12.6 Å². The fourth-order valence-electron chi connectivity index (χ4n) is 2.96. The van der Waals surface area contributed by atoms with Gasteiger partial charge in [-0.05, 0) is 43.5 Å². The fraction of sp³-hybridized carbons (Fsp3) is 0.625. The normalized spacial score (nSPS) is 27.1. The van der Waals surface area contributed by atoms with E-state index in [2.05, 4.69) is 61.7 Å². The summed E-state index contributed by atoms with van der Waals surface area (Å²) in [5, 5.41) is 0. The average molecular weight is 263 g/mol. The Morgan fingerprint density at radius 2 is 2.00 bits per heavy atom. The number of benzene rings is 1. The van der Waals surface area contributed by atoms with Crippen LogP contribution < -0.4 is 0 Å². The Morgan fingerprint density at radius 1 is 1.28 bits per heavy atom. The lowest BCUT2D eigenvalue weighted by Crippen LogP contribution is -2.44. The van der Waals surface area contributed by atoms with Crippen LogP contribution in [0.25, 0.3) is 0 Å². The number of thiol groups is 1. The zero-order valence-electron chi connectivity index (χ0n) is 11.5. The molecule has 3 unspecified atom stereocenters. The molecule has 1 aliphatic rings. The van der Waals surface area contributed by atoms with Gasteiger partial charge in [0.05, 0.1) is 0 Å². The monoisotopic (exact) mass is 263 g/mol. The average Bonchev–Trinajstić information content (AvgIpc) is 2.41. The van der Waals surface area contributed by atoms with Crippen molar-refractivity contribution in [3.8, 4) is 0 Å². The Morgan fingerprint density at radius 3 is 2.67 bits per heavy atom. The Balaban J connectivity index is 2.02. The van der Waals surface area contributed by atoms with Crippen molar-refractivity contribution in [3.05, 3.63) is 35.9 Å². The molecule has 1 saturated heterocycles. The summed E-state index contributed by atoms with van der Waals surface area (Å²) in [5.74, 6) is 2.32. The number of hydrogen-bond acceptors (Lipinski definition) is 2. The van der Waals surface area contributed by atoms with Gasteiger partial charge >= 0.3 is 0 Å². The van der Waals surface area contributed by atoms with Gasteiger partial charge in [0, 0.05) is 18.5 Å². The predicted molar refractivity (Wildman–Crippen MR) is 82.5 cm³/mol. The Bertz CT molecular complexity index is 351. The van der Waals surface area contributed by atoms with E-state index in [9.17, 15) is 0 Å². The van der Waals surface area contributed by atoms with Crippen LogP contribution in [0.4, 0.5) is 0 Å². The van der Waals surface area contributed by atoms with Gasteiger partial charge < -0.3 is 0 Å². The maximum absolute atomic E-state index is 4.55. The third kappa shape index (κ3) is 3.30. The zero-order chi connectivity index (χ0) is 13.0. The van der Waals surface area contributed by atoms with Gasteiger partial charge in [0.2, 0.25) is 0 Å². The summed E-state index contributed by atoms with van der Waals surface area (Å²) in [6.07, 6.45) is 2.73. The first kappa shape index (κ1) is 14.0. The van der Waals surface area contributed by atoms with Crippen molar-refractivity contribution in [2.24, 2.45) is 5.92 Å². The van der Waals surface area contributed by atoms with Gasteiger partial charge in [-0.25, -0.2) is 0 Å². The molecule has 0 bridgehead atoms. The molecule has 0 amide bonds. The predicted octanol–water partition coefficient (Wildman–Crippen LogP) is 3.82. The van der Waals surface area contributed by atoms with Gasteiger partial charge in [0.25, 0.3) is 0 Å². The summed E-state index contributed by atoms with van der Waals surface area (Å²) in [7, 11) is 0. The van der Waals surface area contributed by atoms with Crippen molar-refractivity contribution in [3.63, 3.8) is 0 Å². The molecule has 100 valence electrons. The first-order valence-electron chi connectivity index (χ1n) is 7.12. The molecule has 1 fully saturated rings. The highest BCUT2D eigenvalue weighted by Gasteiger charge is 2.26. The van der Waals surface area contributed by atoms with Crippen LogP contribution in [-0.4, -0.2) is 29.8 Å². The minimum absolute atomic E-state index is 0.558. The maximum atomic E-state index is 4.55. The third-order valence-corrected chi connectivity index (χ3v) is 4.89. The molecule has 3 atom stereocenters. The van der Waals surface area contributed by atoms with E-state index in [1.165, 1.54) is 24.9 Å². The molecule has 0 aliphatic carbocycles. The summed E-state index contributed by atoms with van der Waals surface area (Å²) in [6, 6.07) is 11.5. The van der Waals surface area contributed by atoms with E-state index in [0.717, 1.165) is 18.2 Å². The van der Waals surface area contributed by atoms with E-state index < -0.39 is 0 Å². The summed E-state index contributed by atoms with van der Waals surface area (Å²) in [5.41, 5.74) is 1.43. The van der Waals surface area contributed by atoms with Gasteiger partial charge in [0.1, 0.15) is 0 Å². The van der Waals surface area contributed by atoms with Crippen molar-refractivity contribution in [1.29, 1.82) is 0 Å². The molecule has 2 rings (SSSR count). The van der Waals surface area contributed by atoms with E-state index in [4.69, 9.17) is 0 Å². The molecule has 1 nitrogen and oxygen atoms in total. The second-order valence-corrected chi connectivity index (χ2v) is 6.01. The number of piperidine rings is 1. The smallest absolute Gasteiger partial charge is 0.00928 e. The number of rotatable bonds is 4. The number of hydrogen-bond donors (Lipinski definition) is 1. The summed E-state index contributed by atoms with van der Waals surface area (Å²) in [6.45, 7) is 7.17. The lowest BCUT2D eigenvalue weighted by molar-refractivity contribution is 0.109. The summed E-state index contributed by atoms with van der Waals surface area (Å²) < 4.78 is 0. The van der Waals surface area contributed by atoms with Crippen molar-refractivity contribution in [1.82, 2.24) is 4.90 Å². The molecular formula is C16H25NS. The molecule has 0 aromatic heterocycles. The van der Waals surface area contributed by atoms with Gasteiger partial charge in [0.15, 0.2) is 0 Å². The summed E-state index contributed by atoms with van der Waals surface area (Å²) in [4.78, 5) is 2.65. The second kappa shape index (κ2) is 6.63. The highest BCUT2D eigenvalue weighted by atomic mass is 32.1. The second-order valence-electron chi connectivity index (χ2n) is 5.65. The molecule has 0 saturated carbocycles. The van der Waals surface area contributed by atoms with Crippen LogP contribution in [0.2, 0.25) is 0 Å². The Kier molecular flexibility index (Phi) is 5.13. The molecular weight excluding hydrogens is 238 g/mol. The highest BCUT2D eigenvalue weighted by Crippen LogP contribution is 2.26. The standard InChI is InChI=1S/C16H25NS/c1-13-7-6-10-17(14(13)2)11-16(12-18)15-8-4-3-5-9-15/h3-5,8-9,13-14,16,18H,6-7,10-12H2,1-2H3. The van der Waals surface area contributed by atoms with E-state index in [0.29, 0.717) is 12.0 Å². The Labute approximate surface area is 117 Å². The van der Waals surface area contributed by atoms with Gasteiger partial charge in [-0.1, -0.05) is 37.3 Å².